The van der Waals surface area contributed by atoms with E-state index < -0.39 is 0 Å². The Morgan fingerprint density at radius 3 is 2.24 bits per heavy atom. The van der Waals surface area contributed by atoms with Gasteiger partial charge in [0.25, 0.3) is 0 Å². The van der Waals surface area contributed by atoms with Gasteiger partial charge in [0.2, 0.25) is 0 Å². The molecule has 0 saturated carbocycles. The molecule has 1 saturated heterocycles. The molecule has 1 aromatic rings. The van der Waals surface area contributed by atoms with E-state index in [1.807, 2.05) is 0 Å². The van der Waals surface area contributed by atoms with Crippen molar-refractivity contribution >= 4 is 5.97 Å². The van der Waals surface area contributed by atoms with Crippen molar-refractivity contribution in [3.63, 3.8) is 0 Å². The van der Waals surface area contributed by atoms with Gasteiger partial charge >= 0.3 is 5.97 Å². The maximum Gasteiger partial charge on any atom is 0.306 e. The Kier molecular flexibility index (Phi) is 6.17. The molecule has 2 rings (SSSR count). The lowest BCUT2D eigenvalue weighted by Crippen LogP contribution is -2.46. The number of esters is 1. The summed E-state index contributed by atoms with van der Waals surface area (Å²) < 4.78 is 4.68. The number of carbonyl (C=O) groups excluding carboxylic acids is 1. The lowest BCUT2D eigenvalue weighted by molar-refractivity contribution is -0.141. The Balaban J connectivity index is 1.72. The van der Waals surface area contributed by atoms with Crippen LogP contribution in [0.4, 0.5) is 0 Å². The molecule has 0 bridgehead atoms. The van der Waals surface area contributed by atoms with E-state index in [4.69, 9.17) is 5.73 Å². The van der Waals surface area contributed by atoms with Crippen LogP contribution in [0, 0.1) is 0 Å². The van der Waals surface area contributed by atoms with Crippen LogP contribution >= 0.6 is 0 Å². The van der Waals surface area contributed by atoms with Crippen LogP contribution in [0.5, 0.6) is 0 Å². The molecule has 0 amide bonds. The highest BCUT2D eigenvalue weighted by Gasteiger charge is 2.17. The van der Waals surface area contributed by atoms with Gasteiger partial charge in [-0.1, -0.05) is 24.3 Å². The fraction of sp³-hybridized carbons (Fsp3) is 0.562. The SMILES string of the molecule is COC(=O)CCN1CCN(Cc2ccc(CN)cc2)CC1. The van der Waals surface area contributed by atoms with Gasteiger partial charge in [0.1, 0.15) is 0 Å². The van der Waals surface area contributed by atoms with Crippen LogP contribution in [-0.2, 0) is 22.6 Å². The molecule has 1 aliphatic heterocycles. The number of hydrogen-bond donors (Lipinski definition) is 1. The van der Waals surface area contributed by atoms with E-state index in [-0.39, 0.29) is 5.97 Å². The molecule has 0 radical (unpaired) electrons. The van der Waals surface area contributed by atoms with Crippen LogP contribution < -0.4 is 5.73 Å². The van der Waals surface area contributed by atoms with Gasteiger partial charge in [0.05, 0.1) is 13.5 Å². The molecular formula is C16H25N3O2. The second-order valence-electron chi connectivity index (χ2n) is 5.46. The summed E-state index contributed by atoms with van der Waals surface area (Å²) in [5, 5.41) is 0. The molecule has 116 valence electrons. The smallest absolute Gasteiger partial charge is 0.306 e. The first kappa shape index (κ1) is 15.9. The van der Waals surface area contributed by atoms with E-state index in [1.165, 1.54) is 18.2 Å². The molecule has 1 aromatic carbocycles. The molecule has 0 aliphatic carbocycles. The van der Waals surface area contributed by atoms with Crippen molar-refractivity contribution in [2.24, 2.45) is 5.73 Å². The first-order valence-corrected chi connectivity index (χ1v) is 7.50. The molecule has 5 nitrogen and oxygen atoms in total. The average molecular weight is 291 g/mol. The van der Waals surface area contributed by atoms with Gasteiger partial charge in [0, 0.05) is 45.8 Å². The lowest BCUT2D eigenvalue weighted by Gasteiger charge is -2.34. The summed E-state index contributed by atoms with van der Waals surface area (Å²) in [6, 6.07) is 8.52. The fourth-order valence-electron chi connectivity index (χ4n) is 2.56. The maximum atomic E-state index is 11.1. The van der Waals surface area contributed by atoms with Crippen molar-refractivity contribution in [3.8, 4) is 0 Å². The van der Waals surface area contributed by atoms with Gasteiger partial charge in [0.15, 0.2) is 0 Å². The molecule has 0 aromatic heterocycles. The summed E-state index contributed by atoms with van der Waals surface area (Å²) in [4.78, 5) is 15.9. The molecule has 5 heteroatoms. The third kappa shape index (κ3) is 5.12. The van der Waals surface area contributed by atoms with E-state index in [0.29, 0.717) is 13.0 Å². The normalized spacial score (nSPS) is 16.9. The summed E-state index contributed by atoms with van der Waals surface area (Å²) in [6.45, 7) is 6.48. The van der Waals surface area contributed by atoms with Crippen LogP contribution in [0.1, 0.15) is 17.5 Å². The zero-order valence-electron chi connectivity index (χ0n) is 12.8. The summed E-state index contributed by atoms with van der Waals surface area (Å²) >= 11 is 0. The van der Waals surface area contributed by atoms with Crippen molar-refractivity contribution < 1.29 is 9.53 Å². The summed E-state index contributed by atoms with van der Waals surface area (Å²) in [7, 11) is 1.44. The maximum absolute atomic E-state index is 11.1. The highest BCUT2D eigenvalue weighted by atomic mass is 16.5. The van der Waals surface area contributed by atoms with Crippen molar-refractivity contribution in [2.45, 2.75) is 19.5 Å². The summed E-state index contributed by atoms with van der Waals surface area (Å²) in [5.41, 5.74) is 8.11. The van der Waals surface area contributed by atoms with Gasteiger partial charge in [-0.3, -0.25) is 9.69 Å². The predicted octanol–water partition coefficient (Wildman–Crippen LogP) is 0.826. The first-order valence-electron chi connectivity index (χ1n) is 7.50. The van der Waals surface area contributed by atoms with E-state index in [0.717, 1.165) is 39.3 Å². The molecular weight excluding hydrogens is 266 g/mol. The molecule has 1 aliphatic rings. The Bertz CT molecular complexity index is 439. The fourth-order valence-corrected chi connectivity index (χ4v) is 2.56. The van der Waals surface area contributed by atoms with Crippen molar-refractivity contribution in [1.29, 1.82) is 0 Å². The van der Waals surface area contributed by atoms with Crippen LogP contribution in [0.2, 0.25) is 0 Å². The van der Waals surface area contributed by atoms with Crippen LogP contribution in [0.15, 0.2) is 24.3 Å². The zero-order chi connectivity index (χ0) is 15.1. The lowest BCUT2D eigenvalue weighted by atomic mass is 10.1. The van der Waals surface area contributed by atoms with E-state index in [2.05, 4.69) is 38.8 Å². The van der Waals surface area contributed by atoms with Gasteiger partial charge in [-0.05, 0) is 11.1 Å². The third-order valence-electron chi connectivity index (χ3n) is 3.99. The van der Waals surface area contributed by atoms with E-state index in [1.54, 1.807) is 0 Å². The van der Waals surface area contributed by atoms with E-state index >= 15 is 0 Å². The Hall–Kier alpha value is -1.43. The van der Waals surface area contributed by atoms with E-state index in [9.17, 15) is 4.79 Å². The highest BCUT2D eigenvalue weighted by molar-refractivity contribution is 5.69. The molecule has 1 fully saturated rings. The average Bonchev–Trinajstić information content (AvgIpc) is 2.54. The highest BCUT2D eigenvalue weighted by Crippen LogP contribution is 2.10. The minimum Gasteiger partial charge on any atom is -0.469 e. The zero-order valence-corrected chi connectivity index (χ0v) is 12.8. The number of rotatable bonds is 6. The van der Waals surface area contributed by atoms with Crippen LogP contribution in [0.3, 0.4) is 0 Å². The van der Waals surface area contributed by atoms with Crippen molar-refractivity contribution in [2.75, 3.05) is 39.8 Å². The Morgan fingerprint density at radius 1 is 1.10 bits per heavy atom. The number of benzene rings is 1. The minimum atomic E-state index is -0.127. The van der Waals surface area contributed by atoms with Gasteiger partial charge in [-0.15, -0.1) is 0 Å². The topological polar surface area (TPSA) is 58.8 Å². The first-order chi connectivity index (χ1) is 10.2. The monoisotopic (exact) mass is 291 g/mol. The quantitative estimate of drug-likeness (QED) is 0.787. The second-order valence-corrected chi connectivity index (χ2v) is 5.46. The predicted molar refractivity (Wildman–Crippen MR) is 82.7 cm³/mol. The van der Waals surface area contributed by atoms with Gasteiger partial charge in [-0.2, -0.15) is 0 Å². The number of nitrogens with two attached hydrogens (primary N) is 1. The number of piperazine rings is 1. The Labute approximate surface area is 126 Å². The number of carbonyl (C=O) groups is 1. The second kappa shape index (κ2) is 8.12. The Morgan fingerprint density at radius 2 is 1.67 bits per heavy atom. The number of methoxy groups -OCH3 is 1. The summed E-state index contributed by atoms with van der Waals surface area (Å²) in [5.74, 6) is -0.127. The molecule has 1 heterocycles. The van der Waals surface area contributed by atoms with Gasteiger partial charge < -0.3 is 15.4 Å². The molecule has 0 spiro atoms. The van der Waals surface area contributed by atoms with Crippen LogP contribution in [0.25, 0.3) is 0 Å². The molecule has 0 atom stereocenters. The number of nitrogens with zero attached hydrogens (tertiary/aromatic N) is 2. The number of ether oxygens (including phenoxy) is 1. The van der Waals surface area contributed by atoms with Crippen molar-refractivity contribution in [3.05, 3.63) is 35.4 Å². The molecule has 2 N–H and O–H groups in total. The number of hydrogen-bond acceptors (Lipinski definition) is 5. The standard InChI is InChI=1S/C16H25N3O2/c1-21-16(20)6-7-18-8-10-19(11-9-18)13-15-4-2-14(12-17)3-5-15/h2-5H,6-13,17H2,1H3. The van der Waals surface area contributed by atoms with Gasteiger partial charge in [-0.25, -0.2) is 0 Å². The molecule has 21 heavy (non-hydrogen) atoms. The third-order valence-corrected chi connectivity index (χ3v) is 3.99. The molecule has 0 unspecified atom stereocenters. The van der Waals surface area contributed by atoms with Crippen molar-refractivity contribution in [1.82, 2.24) is 9.80 Å². The summed E-state index contributed by atoms with van der Waals surface area (Å²) in [6.07, 6.45) is 0.483. The largest absolute Gasteiger partial charge is 0.469 e. The van der Waals surface area contributed by atoms with Crippen LogP contribution in [-0.4, -0.2) is 55.6 Å². The minimum absolute atomic E-state index is 0.127.